The third-order valence-electron chi connectivity index (χ3n) is 2.24. The predicted molar refractivity (Wildman–Crippen MR) is 48.4 cm³/mol. The van der Waals surface area contributed by atoms with E-state index in [2.05, 4.69) is 27.3 Å². The van der Waals surface area contributed by atoms with E-state index >= 15 is 0 Å². The molecule has 1 aromatic rings. The maximum absolute atomic E-state index is 4.01. The minimum atomic E-state index is 1.07. The van der Waals surface area contributed by atoms with Gasteiger partial charge >= 0.3 is 0 Å². The molecule has 4 heteroatoms. The van der Waals surface area contributed by atoms with Gasteiger partial charge in [0.05, 0.1) is 6.20 Å². The van der Waals surface area contributed by atoms with E-state index < -0.39 is 0 Å². The Morgan fingerprint density at radius 3 is 2.75 bits per heavy atom. The van der Waals surface area contributed by atoms with Gasteiger partial charge in [-0.15, -0.1) is 0 Å². The number of aromatic nitrogens is 2. The number of H-pyrrole nitrogens is 1. The van der Waals surface area contributed by atoms with Crippen LogP contribution in [0.25, 0.3) is 0 Å². The van der Waals surface area contributed by atoms with Crippen molar-refractivity contribution in [1.82, 2.24) is 15.5 Å². The summed E-state index contributed by atoms with van der Waals surface area (Å²) < 4.78 is 0. The average Bonchev–Trinajstić information content (AvgIpc) is 2.53. The Kier molecular flexibility index (Phi) is 1.99. The Bertz CT molecular complexity index is 249. The summed E-state index contributed by atoms with van der Waals surface area (Å²) in [5, 5.41) is 10.4. The van der Waals surface area contributed by atoms with E-state index in [0.29, 0.717) is 0 Å². The molecule has 1 saturated heterocycles. The first kappa shape index (κ1) is 7.61. The van der Waals surface area contributed by atoms with Gasteiger partial charge in [0.15, 0.2) is 0 Å². The second kappa shape index (κ2) is 3.15. The summed E-state index contributed by atoms with van der Waals surface area (Å²) in [5.74, 6) is 1.18. The van der Waals surface area contributed by atoms with Crippen LogP contribution in [-0.2, 0) is 0 Å². The third-order valence-corrected chi connectivity index (χ3v) is 2.24. The second-order valence-electron chi connectivity index (χ2n) is 3.14. The highest BCUT2D eigenvalue weighted by atomic mass is 15.3. The molecular weight excluding hydrogens is 152 g/mol. The van der Waals surface area contributed by atoms with E-state index in [-0.39, 0.29) is 0 Å². The lowest BCUT2D eigenvalue weighted by Crippen LogP contribution is -2.43. The summed E-state index contributed by atoms with van der Waals surface area (Å²) in [6.07, 6.45) is 1.87. The molecule has 0 atom stereocenters. The molecule has 2 rings (SSSR count). The van der Waals surface area contributed by atoms with Gasteiger partial charge in [-0.05, 0) is 6.92 Å². The molecule has 1 fully saturated rings. The van der Waals surface area contributed by atoms with Crippen LogP contribution in [-0.4, -0.2) is 36.4 Å². The molecule has 1 aromatic heterocycles. The van der Waals surface area contributed by atoms with Gasteiger partial charge in [0.2, 0.25) is 0 Å². The highest BCUT2D eigenvalue weighted by Gasteiger charge is 2.12. The smallest absolute Gasteiger partial charge is 0.127 e. The lowest BCUT2D eigenvalue weighted by atomic mass is 10.3. The maximum atomic E-state index is 4.01. The normalized spacial score (nSPS) is 18.2. The molecule has 66 valence electrons. The van der Waals surface area contributed by atoms with Crippen LogP contribution in [0.1, 0.15) is 5.56 Å². The molecule has 0 spiro atoms. The topological polar surface area (TPSA) is 44.0 Å². The molecule has 4 nitrogen and oxygen atoms in total. The van der Waals surface area contributed by atoms with Gasteiger partial charge in [-0.2, -0.15) is 5.10 Å². The number of piperazine rings is 1. The fourth-order valence-electron chi connectivity index (χ4n) is 1.55. The van der Waals surface area contributed by atoms with Crippen molar-refractivity contribution < 1.29 is 0 Å². The Hall–Kier alpha value is -1.03. The monoisotopic (exact) mass is 166 g/mol. The van der Waals surface area contributed by atoms with E-state index in [1.807, 2.05) is 6.20 Å². The van der Waals surface area contributed by atoms with Crippen molar-refractivity contribution in [2.24, 2.45) is 0 Å². The largest absolute Gasteiger partial charge is 0.354 e. The van der Waals surface area contributed by atoms with Crippen molar-refractivity contribution in [3.05, 3.63) is 11.8 Å². The number of rotatable bonds is 1. The second-order valence-corrected chi connectivity index (χ2v) is 3.14. The van der Waals surface area contributed by atoms with Crippen LogP contribution < -0.4 is 10.2 Å². The van der Waals surface area contributed by atoms with Crippen molar-refractivity contribution in [2.75, 3.05) is 31.1 Å². The van der Waals surface area contributed by atoms with Crippen molar-refractivity contribution in [3.63, 3.8) is 0 Å². The average molecular weight is 166 g/mol. The lowest BCUT2D eigenvalue weighted by molar-refractivity contribution is 0.584. The Labute approximate surface area is 72.0 Å². The van der Waals surface area contributed by atoms with Gasteiger partial charge < -0.3 is 10.2 Å². The van der Waals surface area contributed by atoms with Crippen molar-refractivity contribution >= 4 is 5.82 Å². The molecule has 0 bridgehead atoms. The zero-order valence-corrected chi connectivity index (χ0v) is 7.30. The minimum absolute atomic E-state index is 1.07. The van der Waals surface area contributed by atoms with Crippen molar-refractivity contribution in [3.8, 4) is 0 Å². The van der Waals surface area contributed by atoms with Crippen LogP contribution in [0.3, 0.4) is 0 Å². The summed E-state index contributed by atoms with van der Waals surface area (Å²) in [6, 6.07) is 0. The fraction of sp³-hybridized carbons (Fsp3) is 0.625. The van der Waals surface area contributed by atoms with Gasteiger partial charge in [-0.25, -0.2) is 0 Å². The zero-order valence-electron chi connectivity index (χ0n) is 7.30. The van der Waals surface area contributed by atoms with E-state index in [1.165, 1.54) is 11.4 Å². The van der Waals surface area contributed by atoms with Gasteiger partial charge in [0, 0.05) is 31.7 Å². The van der Waals surface area contributed by atoms with E-state index in [0.717, 1.165) is 26.2 Å². The number of nitrogens with zero attached hydrogens (tertiary/aromatic N) is 2. The van der Waals surface area contributed by atoms with Crippen LogP contribution in [0.15, 0.2) is 6.20 Å². The van der Waals surface area contributed by atoms with Crippen LogP contribution >= 0.6 is 0 Å². The minimum Gasteiger partial charge on any atom is -0.354 e. The standard InChI is InChI=1S/C8H14N4/c1-7-6-10-11-8(7)12-4-2-9-3-5-12/h6,9H,2-5H2,1H3,(H,10,11). The van der Waals surface area contributed by atoms with Gasteiger partial charge in [0.25, 0.3) is 0 Å². The summed E-state index contributed by atoms with van der Waals surface area (Å²) >= 11 is 0. The molecule has 0 unspecified atom stereocenters. The first-order valence-electron chi connectivity index (χ1n) is 4.33. The number of nitrogens with one attached hydrogen (secondary N) is 2. The van der Waals surface area contributed by atoms with Crippen LogP contribution in [0.4, 0.5) is 5.82 Å². The summed E-state index contributed by atoms with van der Waals surface area (Å²) in [7, 11) is 0. The zero-order chi connectivity index (χ0) is 8.39. The Morgan fingerprint density at radius 2 is 2.17 bits per heavy atom. The molecule has 1 aliphatic heterocycles. The van der Waals surface area contributed by atoms with Crippen LogP contribution in [0.2, 0.25) is 0 Å². The molecule has 0 saturated carbocycles. The molecule has 2 N–H and O–H groups in total. The number of aryl methyl sites for hydroxylation is 1. The quantitative estimate of drug-likeness (QED) is 0.623. The predicted octanol–water partition coefficient (Wildman–Crippen LogP) is 0.128. The highest BCUT2D eigenvalue weighted by molar-refractivity contribution is 5.45. The van der Waals surface area contributed by atoms with E-state index in [4.69, 9.17) is 0 Å². The van der Waals surface area contributed by atoms with E-state index in [9.17, 15) is 0 Å². The molecule has 12 heavy (non-hydrogen) atoms. The molecule has 2 heterocycles. The lowest BCUT2D eigenvalue weighted by Gasteiger charge is -2.28. The summed E-state index contributed by atoms with van der Waals surface area (Å²) in [5.41, 5.74) is 1.23. The number of anilines is 1. The van der Waals surface area contributed by atoms with E-state index in [1.54, 1.807) is 0 Å². The van der Waals surface area contributed by atoms with Crippen molar-refractivity contribution in [1.29, 1.82) is 0 Å². The van der Waals surface area contributed by atoms with Gasteiger partial charge in [-0.3, -0.25) is 5.10 Å². The molecule has 0 aromatic carbocycles. The molecule has 1 aliphatic rings. The number of hydrogen-bond donors (Lipinski definition) is 2. The first-order valence-corrected chi connectivity index (χ1v) is 4.33. The summed E-state index contributed by atoms with van der Waals surface area (Å²) in [4.78, 5) is 2.33. The maximum Gasteiger partial charge on any atom is 0.127 e. The first-order chi connectivity index (χ1) is 5.88. The van der Waals surface area contributed by atoms with Crippen LogP contribution in [0.5, 0.6) is 0 Å². The van der Waals surface area contributed by atoms with Gasteiger partial charge in [-0.1, -0.05) is 0 Å². The third kappa shape index (κ3) is 1.30. The molecule has 0 amide bonds. The molecular formula is C8H14N4. The van der Waals surface area contributed by atoms with Crippen LogP contribution in [0, 0.1) is 6.92 Å². The number of hydrogen-bond acceptors (Lipinski definition) is 3. The Morgan fingerprint density at radius 1 is 1.42 bits per heavy atom. The summed E-state index contributed by atoms with van der Waals surface area (Å²) in [6.45, 7) is 6.36. The molecule has 0 radical (unpaired) electrons. The Balaban J connectivity index is 2.13. The fourth-order valence-corrected chi connectivity index (χ4v) is 1.55. The molecule has 0 aliphatic carbocycles. The van der Waals surface area contributed by atoms with Gasteiger partial charge in [0.1, 0.15) is 5.82 Å². The highest BCUT2D eigenvalue weighted by Crippen LogP contribution is 2.15. The SMILES string of the molecule is Cc1cn[nH]c1N1CCNCC1. The number of aromatic amines is 1. The van der Waals surface area contributed by atoms with Crippen molar-refractivity contribution in [2.45, 2.75) is 6.92 Å².